The van der Waals surface area contributed by atoms with E-state index in [1.54, 1.807) is 0 Å². The molecule has 7 aromatic rings. The van der Waals surface area contributed by atoms with Crippen LogP contribution in [-0.2, 0) is 0 Å². The molecule has 1 heteroatoms. The van der Waals surface area contributed by atoms with E-state index in [1.807, 2.05) is 0 Å². The van der Waals surface area contributed by atoms with Crippen molar-refractivity contribution < 1.29 is 4.42 Å². The Labute approximate surface area is 250 Å². The van der Waals surface area contributed by atoms with E-state index >= 15 is 0 Å². The first-order valence-corrected chi connectivity index (χ1v) is 15.0. The highest BCUT2D eigenvalue weighted by atomic mass is 16.3. The normalized spacial score (nSPS) is 17.0. The first-order valence-electron chi connectivity index (χ1n) is 15.0. The minimum Gasteiger partial charge on any atom is -0.460 e. The van der Waals surface area contributed by atoms with Gasteiger partial charge in [0.15, 0.2) is 0 Å². The Balaban J connectivity index is 1.35. The fraction of sp³-hybridized carbons (Fsp3) is 0.0476. The fourth-order valence-electron chi connectivity index (χ4n) is 7.20. The van der Waals surface area contributed by atoms with Gasteiger partial charge in [-0.1, -0.05) is 140 Å². The number of rotatable bonds is 3. The van der Waals surface area contributed by atoms with E-state index in [2.05, 4.69) is 158 Å². The van der Waals surface area contributed by atoms with Crippen LogP contribution in [0.4, 0.5) is 0 Å². The molecule has 6 aromatic carbocycles. The van der Waals surface area contributed by atoms with E-state index in [0.29, 0.717) is 5.92 Å². The third-order valence-corrected chi connectivity index (χ3v) is 9.20. The van der Waals surface area contributed by atoms with E-state index < -0.39 is 0 Å². The molecule has 0 aliphatic heterocycles. The van der Waals surface area contributed by atoms with Crippen LogP contribution in [0.15, 0.2) is 156 Å². The predicted octanol–water partition coefficient (Wildman–Crippen LogP) is 11.6. The van der Waals surface area contributed by atoms with Crippen molar-refractivity contribution in [1.29, 1.82) is 0 Å². The maximum atomic E-state index is 6.53. The van der Waals surface area contributed by atoms with Crippen molar-refractivity contribution in [3.63, 3.8) is 0 Å². The Morgan fingerprint density at radius 3 is 1.86 bits per heavy atom. The summed E-state index contributed by atoms with van der Waals surface area (Å²) in [6, 6.07) is 44.1. The molecule has 202 valence electrons. The zero-order valence-corrected chi connectivity index (χ0v) is 23.6. The molecule has 0 N–H and O–H groups in total. The van der Waals surface area contributed by atoms with Gasteiger partial charge in [-0.3, -0.25) is 0 Å². The Hall–Kier alpha value is -5.40. The molecule has 2 atom stereocenters. The van der Waals surface area contributed by atoms with Crippen LogP contribution in [0.25, 0.3) is 72.0 Å². The molecule has 0 bridgehead atoms. The summed E-state index contributed by atoms with van der Waals surface area (Å²) in [5.74, 6) is 1.68. The van der Waals surface area contributed by atoms with Gasteiger partial charge in [0.05, 0.1) is 0 Å². The van der Waals surface area contributed by atoms with Crippen LogP contribution in [0, 0.1) is 5.92 Å². The molecular formula is C42H28O. The summed E-state index contributed by atoms with van der Waals surface area (Å²) in [6.07, 6.45) is 13.4. The van der Waals surface area contributed by atoms with Gasteiger partial charge < -0.3 is 4.42 Å². The summed E-state index contributed by atoms with van der Waals surface area (Å²) < 4.78 is 6.53. The van der Waals surface area contributed by atoms with Crippen molar-refractivity contribution in [2.45, 2.75) is 5.92 Å². The van der Waals surface area contributed by atoms with Gasteiger partial charge in [-0.15, -0.1) is 0 Å². The molecule has 2 aliphatic carbocycles. The second-order valence-corrected chi connectivity index (χ2v) is 11.6. The van der Waals surface area contributed by atoms with E-state index in [-0.39, 0.29) is 5.92 Å². The number of hydrogen-bond donors (Lipinski definition) is 0. The highest BCUT2D eigenvalue weighted by Gasteiger charge is 2.29. The van der Waals surface area contributed by atoms with Gasteiger partial charge in [0.25, 0.3) is 0 Å². The summed E-state index contributed by atoms with van der Waals surface area (Å²) >= 11 is 0. The molecule has 0 saturated heterocycles. The van der Waals surface area contributed by atoms with Gasteiger partial charge in [-0.2, -0.15) is 0 Å². The largest absolute Gasteiger partial charge is 0.460 e. The van der Waals surface area contributed by atoms with Crippen LogP contribution in [0.5, 0.6) is 0 Å². The first-order chi connectivity index (χ1) is 21.3. The average molecular weight is 549 g/mol. The van der Waals surface area contributed by atoms with Gasteiger partial charge in [0, 0.05) is 22.8 Å². The molecule has 1 aromatic heterocycles. The van der Waals surface area contributed by atoms with Crippen LogP contribution >= 0.6 is 0 Å². The van der Waals surface area contributed by atoms with Gasteiger partial charge in [-0.25, -0.2) is 0 Å². The molecule has 0 spiro atoms. The second kappa shape index (κ2) is 9.58. The monoisotopic (exact) mass is 548 g/mol. The lowest BCUT2D eigenvalue weighted by atomic mass is 9.80. The highest BCUT2D eigenvalue weighted by Crippen LogP contribution is 2.47. The van der Waals surface area contributed by atoms with Crippen LogP contribution in [0.2, 0.25) is 0 Å². The Morgan fingerprint density at radius 2 is 1.07 bits per heavy atom. The predicted molar refractivity (Wildman–Crippen MR) is 181 cm³/mol. The second-order valence-electron chi connectivity index (χ2n) is 11.6. The van der Waals surface area contributed by atoms with Crippen LogP contribution in [-0.4, -0.2) is 0 Å². The van der Waals surface area contributed by atoms with Crippen molar-refractivity contribution in [3.8, 4) is 33.4 Å². The van der Waals surface area contributed by atoms with Gasteiger partial charge in [0.1, 0.15) is 11.3 Å². The summed E-state index contributed by atoms with van der Waals surface area (Å²) in [4.78, 5) is 0. The van der Waals surface area contributed by atoms with Crippen molar-refractivity contribution in [1.82, 2.24) is 0 Å². The minimum absolute atomic E-state index is 0.254. The molecule has 0 radical (unpaired) electrons. The molecule has 0 fully saturated rings. The zero-order chi connectivity index (χ0) is 28.3. The third-order valence-electron chi connectivity index (χ3n) is 9.20. The maximum Gasteiger partial charge on any atom is 0.134 e. The number of hydrogen-bond acceptors (Lipinski definition) is 1. The van der Waals surface area contributed by atoms with E-state index in [9.17, 15) is 0 Å². The first kappa shape index (κ1) is 24.2. The lowest BCUT2D eigenvalue weighted by Gasteiger charge is -2.23. The standard InChI is InChI=1S/C42H28O/c1-3-11-27(12-4-1)30-20-22-35-38(25-30)40(29-14-5-2-6-15-29)33-17-9-10-18-34(33)41(35)31-21-24-39-37(26-31)36-23-19-28-13-7-8-16-32(28)42(36)43-39/h1-26,28,32H. The fourth-order valence-corrected chi connectivity index (χ4v) is 7.20. The van der Waals surface area contributed by atoms with Crippen molar-refractivity contribution >= 4 is 38.6 Å². The molecule has 1 heterocycles. The quantitative estimate of drug-likeness (QED) is 0.200. The molecule has 0 amide bonds. The Bertz CT molecular complexity index is 2280. The van der Waals surface area contributed by atoms with E-state index in [4.69, 9.17) is 4.42 Å². The number of benzene rings is 6. The lowest BCUT2D eigenvalue weighted by molar-refractivity contribution is 0.492. The number of fused-ring (bicyclic) bond motifs is 7. The van der Waals surface area contributed by atoms with Crippen LogP contribution in [0.1, 0.15) is 17.2 Å². The molecule has 0 saturated carbocycles. The van der Waals surface area contributed by atoms with Crippen LogP contribution < -0.4 is 0 Å². The average Bonchev–Trinajstić information content (AvgIpc) is 3.46. The summed E-state index contributed by atoms with van der Waals surface area (Å²) in [7, 11) is 0. The van der Waals surface area contributed by atoms with E-state index in [1.165, 1.54) is 65.9 Å². The van der Waals surface area contributed by atoms with Crippen molar-refractivity contribution in [3.05, 3.63) is 163 Å². The summed E-state index contributed by atoms with van der Waals surface area (Å²) in [6.45, 7) is 0. The van der Waals surface area contributed by atoms with E-state index in [0.717, 1.165) is 11.3 Å². The SMILES string of the molecule is C1=CC2C=Cc3c(oc4ccc(-c5c6ccccc6c(-c6ccccc6)c6cc(-c7ccccc7)ccc56)cc34)C2C=C1. The number of furan rings is 1. The smallest absolute Gasteiger partial charge is 0.134 e. The van der Waals surface area contributed by atoms with Gasteiger partial charge >= 0.3 is 0 Å². The third kappa shape index (κ3) is 3.78. The highest BCUT2D eigenvalue weighted by molar-refractivity contribution is 6.22. The molecule has 2 unspecified atom stereocenters. The molecule has 1 nitrogen and oxygen atoms in total. The Morgan fingerprint density at radius 1 is 0.442 bits per heavy atom. The summed E-state index contributed by atoms with van der Waals surface area (Å²) in [5, 5.41) is 6.21. The topological polar surface area (TPSA) is 13.1 Å². The Kier molecular flexibility index (Phi) is 5.39. The van der Waals surface area contributed by atoms with Crippen LogP contribution in [0.3, 0.4) is 0 Å². The van der Waals surface area contributed by atoms with Crippen molar-refractivity contribution in [2.75, 3.05) is 0 Å². The zero-order valence-electron chi connectivity index (χ0n) is 23.6. The maximum absolute atomic E-state index is 6.53. The van der Waals surface area contributed by atoms with Crippen molar-refractivity contribution in [2.24, 2.45) is 5.92 Å². The van der Waals surface area contributed by atoms with Gasteiger partial charge in [0.2, 0.25) is 0 Å². The molecule has 9 rings (SSSR count). The number of allylic oxidation sites excluding steroid dienone is 5. The molecular weight excluding hydrogens is 520 g/mol. The van der Waals surface area contributed by atoms with Gasteiger partial charge in [-0.05, 0) is 73.1 Å². The lowest BCUT2D eigenvalue weighted by Crippen LogP contribution is -2.11. The minimum atomic E-state index is 0.254. The molecule has 2 aliphatic rings. The summed E-state index contributed by atoms with van der Waals surface area (Å²) in [5.41, 5.74) is 9.58. The molecule has 43 heavy (non-hydrogen) atoms.